The predicted octanol–water partition coefficient (Wildman–Crippen LogP) is 4.29. The lowest BCUT2D eigenvalue weighted by Crippen LogP contribution is -2.27. The lowest BCUT2D eigenvalue weighted by molar-refractivity contribution is 0.0950. The smallest absolute Gasteiger partial charge is 0.264 e. The van der Waals surface area contributed by atoms with Crippen molar-refractivity contribution in [3.63, 3.8) is 0 Å². The molecule has 0 unspecified atom stereocenters. The first kappa shape index (κ1) is 26.2. The van der Waals surface area contributed by atoms with E-state index in [-0.39, 0.29) is 16.4 Å². The van der Waals surface area contributed by atoms with Gasteiger partial charge in [-0.3, -0.25) is 14.0 Å². The third-order valence-electron chi connectivity index (χ3n) is 5.97. The van der Waals surface area contributed by atoms with Crippen molar-refractivity contribution in [3.8, 4) is 5.75 Å². The second-order valence-corrected chi connectivity index (χ2v) is 10.1. The molecule has 0 aliphatic heterocycles. The number of carbonyl (C=O) groups excluding carboxylic acids is 1. The highest BCUT2D eigenvalue weighted by Crippen LogP contribution is 2.24. The molecule has 0 heterocycles. The average molecular weight is 496 g/mol. The molecule has 0 radical (unpaired) electrons. The maximum absolute atomic E-state index is 13.2. The molecule has 0 aromatic heterocycles. The lowest BCUT2D eigenvalue weighted by Gasteiger charge is -2.20. The minimum atomic E-state index is -3.85. The van der Waals surface area contributed by atoms with Crippen molar-refractivity contribution in [1.82, 2.24) is 10.2 Å². The Morgan fingerprint density at radius 1 is 0.914 bits per heavy atom. The molecule has 0 saturated carbocycles. The van der Waals surface area contributed by atoms with Gasteiger partial charge in [-0.2, -0.15) is 0 Å². The molecule has 0 aliphatic rings. The van der Waals surface area contributed by atoms with Crippen molar-refractivity contribution < 1.29 is 17.9 Å². The standard InChI is InChI=1S/C27H33N3O4S/c1-5-30(6-2)20-22-12-10-21(11-13-22)19-28-27(31)23-8-7-9-26(18-23)35(32,33)29(3)24-14-16-25(34-4)17-15-24/h7-18H,5-6,19-20H2,1-4H3,(H,28,31). The van der Waals surface area contributed by atoms with Crippen molar-refractivity contribution in [2.24, 2.45) is 0 Å². The van der Waals surface area contributed by atoms with Gasteiger partial charge in [0.25, 0.3) is 15.9 Å². The van der Waals surface area contributed by atoms with Crippen LogP contribution in [-0.2, 0) is 23.1 Å². The molecule has 186 valence electrons. The number of hydrogen-bond donors (Lipinski definition) is 1. The van der Waals surface area contributed by atoms with Crippen molar-refractivity contribution in [1.29, 1.82) is 0 Å². The second kappa shape index (κ2) is 11.9. The number of nitrogens with one attached hydrogen (secondary N) is 1. The topological polar surface area (TPSA) is 79.0 Å². The van der Waals surface area contributed by atoms with Crippen molar-refractivity contribution >= 4 is 21.6 Å². The average Bonchev–Trinajstić information content (AvgIpc) is 2.90. The Morgan fingerprint density at radius 2 is 1.54 bits per heavy atom. The Kier molecular flexibility index (Phi) is 8.89. The highest BCUT2D eigenvalue weighted by molar-refractivity contribution is 7.92. The van der Waals surface area contributed by atoms with E-state index in [1.165, 1.54) is 29.0 Å². The highest BCUT2D eigenvalue weighted by atomic mass is 32.2. The molecule has 0 saturated heterocycles. The Morgan fingerprint density at radius 3 is 2.14 bits per heavy atom. The summed E-state index contributed by atoms with van der Waals surface area (Å²) in [6.07, 6.45) is 0. The van der Waals surface area contributed by atoms with Crippen LogP contribution in [0, 0.1) is 0 Å². The molecule has 3 aromatic rings. The summed E-state index contributed by atoms with van der Waals surface area (Å²) in [6, 6.07) is 20.9. The van der Waals surface area contributed by atoms with Crippen molar-refractivity contribution in [2.75, 3.05) is 31.6 Å². The summed E-state index contributed by atoms with van der Waals surface area (Å²) in [5.41, 5.74) is 2.98. The summed E-state index contributed by atoms with van der Waals surface area (Å²) in [6.45, 7) is 7.53. The Hall–Kier alpha value is -3.36. The molecular weight excluding hydrogens is 462 g/mol. The van der Waals surface area contributed by atoms with Crippen LogP contribution < -0.4 is 14.4 Å². The van der Waals surface area contributed by atoms with Crippen LogP contribution in [-0.4, -0.2) is 46.5 Å². The van der Waals surface area contributed by atoms with E-state index < -0.39 is 10.0 Å². The van der Waals surface area contributed by atoms with Crippen molar-refractivity contribution in [2.45, 2.75) is 31.8 Å². The third kappa shape index (κ3) is 6.61. The fourth-order valence-corrected chi connectivity index (χ4v) is 4.88. The van der Waals surface area contributed by atoms with Crippen molar-refractivity contribution in [3.05, 3.63) is 89.5 Å². The Balaban J connectivity index is 1.67. The summed E-state index contributed by atoms with van der Waals surface area (Å²) < 4.78 is 32.6. The quantitative estimate of drug-likeness (QED) is 0.429. The fraction of sp³-hybridized carbons (Fsp3) is 0.296. The first-order valence-electron chi connectivity index (χ1n) is 11.6. The second-order valence-electron chi connectivity index (χ2n) is 8.16. The van der Waals surface area contributed by atoms with Gasteiger partial charge in [-0.15, -0.1) is 0 Å². The molecule has 0 aliphatic carbocycles. The van der Waals surface area contributed by atoms with Gasteiger partial charge in [0.15, 0.2) is 0 Å². The predicted molar refractivity (Wildman–Crippen MR) is 139 cm³/mol. The van der Waals surface area contributed by atoms with Crippen LogP contribution >= 0.6 is 0 Å². The van der Waals surface area contributed by atoms with Crippen LogP contribution in [0.1, 0.15) is 35.3 Å². The van der Waals surface area contributed by atoms with Crippen LogP contribution in [0.15, 0.2) is 77.7 Å². The van der Waals surface area contributed by atoms with Crippen LogP contribution in [0.5, 0.6) is 5.75 Å². The molecule has 3 aromatic carbocycles. The zero-order valence-electron chi connectivity index (χ0n) is 20.7. The van der Waals surface area contributed by atoms with Gasteiger partial charge in [0.1, 0.15) is 5.75 Å². The van der Waals surface area contributed by atoms with E-state index in [1.807, 2.05) is 12.1 Å². The van der Waals surface area contributed by atoms with Crippen LogP contribution in [0.4, 0.5) is 5.69 Å². The number of sulfonamides is 1. The number of ether oxygens (including phenoxy) is 1. The molecule has 0 spiro atoms. The van der Waals surface area contributed by atoms with Gasteiger partial charge in [0.2, 0.25) is 0 Å². The third-order valence-corrected chi connectivity index (χ3v) is 7.75. The maximum atomic E-state index is 13.2. The SMILES string of the molecule is CCN(CC)Cc1ccc(CNC(=O)c2cccc(S(=O)(=O)N(C)c3ccc(OC)cc3)c2)cc1. The molecule has 35 heavy (non-hydrogen) atoms. The number of benzene rings is 3. The minimum absolute atomic E-state index is 0.0456. The largest absolute Gasteiger partial charge is 0.497 e. The summed E-state index contributed by atoms with van der Waals surface area (Å²) in [5.74, 6) is 0.304. The summed E-state index contributed by atoms with van der Waals surface area (Å²) in [7, 11) is -0.815. The van der Waals surface area contributed by atoms with Gasteiger partial charge in [0.05, 0.1) is 17.7 Å². The monoisotopic (exact) mass is 495 g/mol. The number of anilines is 1. The van der Waals surface area contributed by atoms with Gasteiger partial charge in [0, 0.05) is 25.7 Å². The number of nitrogens with zero attached hydrogens (tertiary/aromatic N) is 2. The Labute approximate surface area is 208 Å². The van der Waals surface area contributed by atoms with Gasteiger partial charge in [-0.25, -0.2) is 8.42 Å². The highest BCUT2D eigenvalue weighted by Gasteiger charge is 2.22. The molecule has 0 fully saturated rings. The first-order chi connectivity index (χ1) is 16.8. The molecule has 8 heteroatoms. The van der Waals surface area contributed by atoms with Crippen LogP contribution in [0.25, 0.3) is 0 Å². The van der Waals surface area contributed by atoms with E-state index in [4.69, 9.17) is 4.74 Å². The van der Waals surface area contributed by atoms with E-state index in [0.717, 1.165) is 25.2 Å². The van der Waals surface area contributed by atoms with Gasteiger partial charge in [-0.05, 0) is 66.7 Å². The fourth-order valence-electron chi connectivity index (χ4n) is 3.64. The summed E-state index contributed by atoms with van der Waals surface area (Å²) in [4.78, 5) is 15.1. The molecule has 1 amide bonds. The zero-order chi connectivity index (χ0) is 25.4. The first-order valence-corrected chi connectivity index (χ1v) is 13.0. The molecule has 7 nitrogen and oxygen atoms in total. The van der Waals surface area contributed by atoms with E-state index in [1.54, 1.807) is 43.5 Å². The van der Waals surface area contributed by atoms with E-state index in [9.17, 15) is 13.2 Å². The number of carbonyl (C=O) groups is 1. The number of methoxy groups -OCH3 is 1. The van der Waals surface area contributed by atoms with E-state index in [2.05, 4.69) is 36.2 Å². The molecule has 3 rings (SSSR count). The molecular formula is C27H33N3O4S. The molecule has 0 bridgehead atoms. The summed E-state index contributed by atoms with van der Waals surface area (Å²) in [5, 5.41) is 2.88. The number of amides is 1. The lowest BCUT2D eigenvalue weighted by atomic mass is 10.1. The molecule has 1 N–H and O–H groups in total. The maximum Gasteiger partial charge on any atom is 0.264 e. The van der Waals surface area contributed by atoms with Gasteiger partial charge in [-0.1, -0.05) is 44.2 Å². The van der Waals surface area contributed by atoms with Gasteiger partial charge < -0.3 is 10.1 Å². The minimum Gasteiger partial charge on any atom is -0.497 e. The number of hydrogen-bond acceptors (Lipinski definition) is 5. The molecule has 0 atom stereocenters. The van der Waals surface area contributed by atoms with Gasteiger partial charge >= 0.3 is 0 Å². The normalized spacial score (nSPS) is 11.3. The zero-order valence-corrected chi connectivity index (χ0v) is 21.5. The van der Waals surface area contributed by atoms with E-state index in [0.29, 0.717) is 18.0 Å². The number of rotatable bonds is 11. The van der Waals surface area contributed by atoms with Crippen LogP contribution in [0.2, 0.25) is 0 Å². The van der Waals surface area contributed by atoms with Crippen LogP contribution in [0.3, 0.4) is 0 Å². The Bertz CT molecular complexity index is 1220. The van der Waals surface area contributed by atoms with E-state index >= 15 is 0 Å². The summed E-state index contributed by atoms with van der Waals surface area (Å²) >= 11 is 0.